The second-order valence-electron chi connectivity index (χ2n) is 7.52. The van der Waals surface area contributed by atoms with Gasteiger partial charge >= 0.3 is 0 Å². The fourth-order valence-electron chi connectivity index (χ4n) is 3.96. The summed E-state index contributed by atoms with van der Waals surface area (Å²) in [7, 11) is 0. The Balaban J connectivity index is 1.91. The smallest absolute Gasteiger partial charge is 0.251 e. The van der Waals surface area contributed by atoms with Crippen LogP contribution in [0.3, 0.4) is 0 Å². The van der Waals surface area contributed by atoms with Crippen molar-refractivity contribution >= 4 is 22.6 Å². The third-order valence-electron chi connectivity index (χ3n) is 5.44. The minimum Gasteiger partial charge on any atom is -0.366 e. The Morgan fingerprint density at radius 3 is 2.84 bits per heavy atom. The van der Waals surface area contributed by atoms with Crippen LogP contribution in [-0.4, -0.2) is 44.5 Å². The van der Waals surface area contributed by atoms with Crippen LogP contribution in [0.5, 0.6) is 0 Å². The highest BCUT2D eigenvalue weighted by Gasteiger charge is 2.39. The average Bonchev–Trinajstić information content (AvgIpc) is 3.19. The highest BCUT2D eigenvalue weighted by Crippen LogP contribution is 2.38. The Hall–Kier alpha value is -2.41. The zero-order valence-electron chi connectivity index (χ0n) is 14.6. The number of nitrogens with two attached hydrogens (primary N) is 1. The van der Waals surface area contributed by atoms with Crippen LogP contribution in [0, 0.1) is 5.82 Å². The lowest BCUT2D eigenvalue weighted by molar-refractivity contribution is 0.100. The fourth-order valence-corrected chi connectivity index (χ4v) is 3.96. The molecule has 1 saturated heterocycles. The van der Waals surface area contributed by atoms with E-state index in [-0.39, 0.29) is 11.0 Å². The van der Waals surface area contributed by atoms with E-state index in [2.05, 4.69) is 35.8 Å². The molecule has 0 spiro atoms. The summed E-state index contributed by atoms with van der Waals surface area (Å²) < 4.78 is 15.6. The van der Waals surface area contributed by atoms with Crippen LogP contribution in [0.2, 0.25) is 0 Å². The molecule has 7 heteroatoms. The first kappa shape index (κ1) is 16.1. The number of H-pyrrole nitrogens is 1. The molecule has 1 aliphatic heterocycles. The van der Waals surface area contributed by atoms with Crippen LogP contribution < -0.4 is 5.73 Å². The van der Waals surface area contributed by atoms with E-state index in [1.165, 1.54) is 6.07 Å². The van der Waals surface area contributed by atoms with Gasteiger partial charge in [-0.3, -0.25) is 9.89 Å². The van der Waals surface area contributed by atoms with E-state index in [4.69, 9.17) is 5.73 Å². The number of hydrogen-bond acceptors (Lipinski definition) is 3. The lowest BCUT2D eigenvalue weighted by atomic mass is 9.83. The van der Waals surface area contributed by atoms with E-state index < -0.39 is 11.7 Å². The van der Waals surface area contributed by atoms with Gasteiger partial charge < -0.3 is 10.6 Å². The molecule has 1 aliphatic rings. The largest absolute Gasteiger partial charge is 0.366 e. The number of carbonyl (C=O) groups excluding carboxylic acids is 1. The highest BCUT2D eigenvalue weighted by atomic mass is 19.1. The summed E-state index contributed by atoms with van der Waals surface area (Å²) in [5.74, 6) is -1.18. The molecule has 0 bridgehead atoms. The van der Waals surface area contributed by atoms with Gasteiger partial charge in [-0.05, 0) is 32.9 Å². The number of fused-ring (bicyclic) bond motifs is 3. The number of aromatic nitrogens is 3. The molecular formula is C18H22FN5O. The zero-order chi connectivity index (χ0) is 17.9. The van der Waals surface area contributed by atoms with Crippen molar-refractivity contribution in [2.45, 2.75) is 38.6 Å². The van der Waals surface area contributed by atoms with Gasteiger partial charge in [0, 0.05) is 35.8 Å². The molecule has 1 unspecified atom stereocenters. The van der Waals surface area contributed by atoms with Crippen molar-refractivity contribution in [3.63, 3.8) is 0 Å². The molecule has 0 radical (unpaired) electrons. The minimum atomic E-state index is -0.666. The molecule has 3 aromatic rings. The summed E-state index contributed by atoms with van der Waals surface area (Å²) in [5, 5.41) is 3.18. The van der Waals surface area contributed by atoms with Gasteiger partial charge in [0.25, 0.3) is 5.91 Å². The first-order valence-electron chi connectivity index (χ1n) is 8.53. The number of aromatic amines is 1. The molecule has 1 amide bonds. The standard InChI is InChI=1S/C18H22FN5O/c1-10(2)23-5-4-18(3,9-23)13-8-21-24-15-12(16(20)25)6-11(19)7-14(15)22-17(13)24/h6-8,10,21H,4-5,9H2,1-3H3,(H2,20,25). The molecule has 3 N–H and O–H groups in total. The van der Waals surface area contributed by atoms with Crippen molar-refractivity contribution in [3.8, 4) is 0 Å². The first-order chi connectivity index (χ1) is 11.8. The zero-order valence-corrected chi connectivity index (χ0v) is 14.6. The third kappa shape index (κ3) is 2.33. The SMILES string of the molecule is CC(C)N1CCC(C)(c2c[nH]n3c2nc2cc(F)cc(C(N)=O)c23)C1. The summed E-state index contributed by atoms with van der Waals surface area (Å²) in [6.45, 7) is 8.60. The lowest BCUT2D eigenvalue weighted by Gasteiger charge is -2.25. The molecule has 0 aliphatic carbocycles. The van der Waals surface area contributed by atoms with Gasteiger partial charge in [0.05, 0.1) is 11.1 Å². The van der Waals surface area contributed by atoms with Crippen LogP contribution in [0.15, 0.2) is 18.3 Å². The minimum absolute atomic E-state index is 0.0433. The van der Waals surface area contributed by atoms with E-state index >= 15 is 0 Å². The second kappa shape index (κ2) is 5.29. The number of carbonyl (C=O) groups is 1. The predicted octanol–water partition coefficient (Wildman–Crippen LogP) is 2.43. The summed E-state index contributed by atoms with van der Waals surface area (Å²) >= 11 is 0. The van der Waals surface area contributed by atoms with Crippen molar-refractivity contribution in [1.82, 2.24) is 19.5 Å². The molecule has 3 heterocycles. The molecule has 4 rings (SSSR count). The lowest BCUT2D eigenvalue weighted by Crippen LogP contribution is -2.32. The summed E-state index contributed by atoms with van der Waals surface area (Å²) in [5.41, 5.74) is 8.31. The highest BCUT2D eigenvalue weighted by molar-refractivity contribution is 6.05. The number of likely N-dealkylation sites (tertiary alicyclic amines) is 1. The molecule has 6 nitrogen and oxygen atoms in total. The van der Waals surface area contributed by atoms with E-state index in [0.717, 1.165) is 36.8 Å². The summed E-state index contributed by atoms with van der Waals surface area (Å²) in [6, 6.07) is 2.99. The van der Waals surface area contributed by atoms with Gasteiger partial charge in [-0.15, -0.1) is 0 Å². The normalized spacial score (nSPS) is 21.8. The molecule has 1 atom stereocenters. The average molecular weight is 343 g/mol. The van der Waals surface area contributed by atoms with Crippen molar-refractivity contribution < 1.29 is 9.18 Å². The topological polar surface area (TPSA) is 79.4 Å². The number of benzene rings is 1. The van der Waals surface area contributed by atoms with Crippen LogP contribution in [0.25, 0.3) is 16.7 Å². The van der Waals surface area contributed by atoms with Crippen molar-refractivity contribution in [2.24, 2.45) is 5.73 Å². The van der Waals surface area contributed by atoms with Crippen LogP contribution in [0.1, 0.15) is 43.1 Å². The molecule has 2 aromatic heterocycles. The number of primary amides is 1. The number of nitrogens with zero attached hydrogens (tertiary/aromatic N) is 3. The van der Waals surface area contributed by atoms with Gasteiger partial charge in [-0.2, -0.15) is 0 Å². The quantitative estimate of drug-likeness (QED) is 0.766. The summed E-state index contributed by atoms with van der Waals surface area (Å²) in [6.07, 6.45) is 2.97. The van der Waals surface area contributed by atoms with Gasteiger partial charge in [-0.25, -0.2) is 13.9 Å². The van der Waals surface area contributed by atoms with Gasteiger partial charge in [0.2, 0.25) is 0 Å². The molecule has 25 heavy (non-hydrogen) atoms. The molecule has 1 aromatic carbocycles. The maximum absolute atomic E-state index is 13.8. The number of nitrogens with one attached hydrogen (secondary N) is 1. The number of halogens is 1. The fraction of sp³-hybridized carbons (Fsp3) is 0.444. The van der Waals surface area contributed by atoms with Crippen molar-refractivity contribution in [1.29, 1.82) is 0 Å². The Bertz CT molecular complexity index is 988. The van der Waals surface area contributed by atoms with E-state index in [9.17, 15) is 9.18 Å². The molecular weight excluding hydrogens is 321 g/mol. The third-order valence-corrected chi connectivity index (χ3v) is 5.44. The predicted molar refractivity (Wildman–Crippen MR) is 94.2 cm³/mol. The van der Waals surface area contributed by atoms with Crippen molar-refractivity contribution in [2.75, 3.05) is 13.1 Å². The number of rotatable bonds is 3. The van der Waals surface area contributed by atoms with Crippen LogP contribution in [-0.2, 0) is 5.41 Å². The molecule has 1 fully saturated rings. The Morgan fingerprint density at radius 2 is 2.20 bits per heavy atom. The van der Waals surface area contributed by atoms with Crippen LogP contribution >= 0.6 is 0 Å². The number of amides is 1. The Morgan fingerprint density at radius 1 is 1.44 bits per heavy atom. The second-order valence-corrected chi connectivity index (χ2v) is 7.52. The maximum Gasteiger partial charge on any atom is 0.251 e. The monoisotopic (exact) mass is 343 g/mol. The molecule has 132 valence electrons. The summed E-state index contributed by atoms with van der Waals surface area (Å²) in [4.78, 5) is 18.8. The number of imidazole rings is 1. The molecule has 0 saturated carbocycles. The van der Waals surface area contributed by atoms with Crippen LogP contribution in [0.4, 0.5) is 4.39 Å². The van der Waals surface area contributed by atoms with Crippen molar-refractivity contribution in [3.05, 3.63) is 35.3 Å². The van der Waals surface area contributed by atoms with E-state index in [0.29, 0.717) is 17.1 Å². The Kier molecular flexibility index (Phi) is 3.40. The maximum atomic E-state index is 13.8. The van der Waals surface area contributed by atoms with Gasteiger partial charge in [-0.1, -0.05) is 6.92 Å². The first-order valence-corrected chi connectivity index (χ1v) is 8.53. The van der Waals surface area contributed by atoms with Gasteiger partial charge in [0.15, 0.2) is 5.65 Å². The van der Waals surface area contributed by atoms with E-state index in [1.807, 2.05) is 6.20 Å². The van der Waals surface area contributed by atoms with Gasteiger partial charge in [0.1, 0.15) is 11.3 Å². The number of hydrogen-bond donors (Lipinski definition) is 2. The Labute approximate surface area is 144 Å². The van der Waals surface area contributed by atoms with E-state index in [1.54, 1.807) is 4.52 Å².